The van der Waals surface area contributed by atoms with Crippen LogP contribution in [0.5, 0.6) is 0 Å². The molecule has 0 aromatic heterocycles. The Morgan fingerprint density at radius 1 is 1.22 bits per heavy atom. The monoisotopic (exact) mass is 259 g/mol. The first-order valence-corrected chi connectivity index (χ1v) is 5.89. The molecule has 0 aliphatic heterocycles. The molecule has 0 atom stereocenters. The number of nitrogens with one attached hydrogen (secondary N) is 2. The van der Waals surface area contributed by atoms with E-state index in [1.165, 1.54) is 4.90 Å². The number of carbonyl (C=O) groups is 3. The molecule has 18 heavy (non-hydrogen) atoms. The number of nitrogens with zero attached hydrogens (tertiary/aromatic N) is 1. The van der Waals surface area contributed by atoms with Gasteiger partial charge in [-0.3, -0.25) is 19.8 Å². The number of carbonyl (C=O) groups excluding carboxylic acids is 2. The third-order valence-corrected chi connectivity index (χ3v) is 1.94. The first-order valence-electron chi connectivity index (χ1n) is 5.89. The van der Waals surface area contributed by atoms with Gasteiger partial charge in [-0.15, -0.1) is 0 Å². The van der Waals surface area contributed by atoms with Crippen LogP contribution in [0.4, 0.5) is 4.79 Å². The summed E-state index contributed by atoms with van der Waals surface area (Å²) in [6, 6.07) is -0.634. The molecule has 0 saturated heterocycles. The van der Waals surface area contributed by atoms with E-state index in [0.29, 0.717) is 6.54 Å². The summed E-state index contributed by atoms with van der Waals surface area (Å²) < 4.78 is 0. The molecule has 0 aliphatic carbocycles. The molecule has 0 spiro atoms. The fourth-order valence-corrected chi connectivity index (χ4v) is 1.39. The van der Waals surface area contributed by atoms with Gasteiger partial charge >= 0.3 is 12.0 Å². The zero-order valence-corrected chi connectivity index (χ0v) is 11.0. The lowest BCUT2D eigenvalue weighted by molar-refractivity contribution is -0.138. The predicted octanol–water partition coefficient (Wildman–Crippen LogP) is 0.0172. The van der Waals surface area contributed by atoms with Crippen LogP contribution in [0.15, 0.2) is 0 Å². The van der Waals surface area contributed by atoms with Crippen molar-refractivity contribution in [1.82, 2.24) is 15.5 Å². The number of urea groups is 1. The van der Waals surface area contributed by atoms with Crippen LogP contribution in [-0.2, 0) is 9.59 Å². The molecule has 0 radical (unpaired) electrons. The molecule has 0 saturated carbocycles. The smallest absolute Gasteiger partial charge is 0.321 e. The molecule has 104 valence electrons. The summed E-state index contributed by atoms with van der Waals surface area (Å²) >= 11 is 0. The van der Waals surface area contributed by atoms with Gasteiger partial charge in [-0.1, -0.05) is 6.92 Å². The summed E-state index contributed by atoms with van der Waals surface area (Å²) in [7, 11) is 0. The SMILES string of the molecule is CCCN(CC(=O)O)CC(=O)NC(=O)NC(C)C. The number of hydrogen-bond donors (Lipinski definition) is 3. The van der Waals surface area contributed by atoms with Crippen LogP contribution in [0.2, 0.25) is 0 Å². The topological polar surface area (TPSA) is 98.7 Å². The van der Waals surface area contributed by atoms with Crippen molar-refractivity contribution in [3.63, 3.8) is 0 Å². The Morgan fingerprint density at radius 2 is 1.83 bits per heavy atom. The number of amides is 3. The zero-order valence-electron chi connectivity index (χ0n) is 11.0. The maximum Gasteiger partial charge on any atom is 0.321 e. The summed E-state index contributed by atoms with van der Waals surface area (Å²) in [6.45, 7) is 5.61. The van der Waals surface area contributed by atoms with Crippen LogP contribution in [-0.4, -0.2) is 53.6 Å². The molecule has 3 N–H and O–H groups in total. The van der Waals surface area contributed by atoms with Gasteiger partial charge in [0.1, 0.15) is 0 Å². The maximum absolute atomic E-state index is 11.5. The normalized spacial score (nSPS) is 10.5. The molecule has 0 unspecified atom stereocenters. The van der Waals surface area contributed by atoms with Gasteiger partial charge < -0.3 is 10.4 Å². The number of carboxylic acid groups (broad SMARTS) is 1. The largest absolute Gasteiger partial charge is 0.480 e. The highest BCUT2D eigenvalue weighted by atomic mass is 16.4. The lowest BCUT2D eigenvalue weighted by Gasteiger charge is -2.18. The number of imide groups is 1. The minimum atomic E-state index is -0.997. The zero-order chi connectivity index (χ0) is 14.1. The van der Waals surface area contributed by atoms with E-state index in [0.717, 1.165) is 6.42 Å². The molecule has 7 heteroatoms. The third-order valence-electron chi connectivity index (χ3n) is 1.94. The lowest BCUT2D eigenvalue weighted by Crippen LogP contribution is -2.47. The van der Waals surface area contributed by atoms with E-state index in [4.69, 9.17) is 5.11 Å². The van der Waals surface area contributed by atoms with Crippen molar-refractivity contribution in [2.24, 2.45) is 0 Å². The summed E-state index contributed by atoms with van der Waals surface area (Å²) in [5.41, 5.74) is 0. The molecule has 0 aromatic carbocycles. The molecule has 0 heterocycles. The molecule has 0 aromatic rings. The van der Waals surface area contributed by atoms with Crippen LogP contribution in [0.25, 0.3) is 0 Å². The minimum absolute atomic E-state index is 0.0661. The van der Waals surface area contributed by atoms with Crippen molar-refractivity contribution in [2.45, 2.75) is 33.2 Å². The minimum Gasteiger partial charge on any atom is -0.480 e. The van der Waals surface area contributed by atoms with Gasteiger partial charge in [-0.05, 0) is 26.8 Å². The molecule has 3 amide bonds. The quantitative estimate of drug-likeness (QED) is 0.598. The van der Waals surface area contributed by atoms with Crippen molar-refractivity contribution < 1.29 is 19.5 Å². The molecule has 0 bridgehead atoms. The molecule has 7 nitrogen and oxygen atoms in total. The fraction of sp³-hybridized carbons (Fsp3) is 0.727. The number of carboxylic acids is 1. The van der Waals surface area contributed by atoms with Crippen molar-refractivity contribution in [2.75, 3.05) is 19.6 Å². The highest BCUT2D eigenvalue weighted by Gasteiger charge is 2.15. The third kappa shape index (κ3) is 8.51. The van der Waals surface area contributed by atoms with Gasteiger partial charge in [0.15, 0.2) is 0 Å². The predicted molar refractivity (Wildman–Crippen MR) is 66.2 cm³/mol. The Hall–Kier alpha value is -1.63. The van der Waals surface area contributed by atoms with Gasteiger partial charge in [-0.2, -0.15) is 0 Å². The van der Waals surface area contributed by atoms with Gasteiger partial charge in [0, 0.05) is 6.04 Å². The molecule has 0 rings (SSSR count). The van der Waals surface area contributed by atoms with E-state index in [1.54, 1.807) is 13.8 Å². The second kappa shape index (κ2) is 8.46. The Bertz CT molecular complexity index is 305. The summed E-state index contributed by atoms with van der Waals surface area (Å²) in [6.07, 6.45) is 0.735. The van der Waals surface area contributed by atoms with Crippen LogP contribution in [0.3, 0.4) is 0 Å². The highest BCUT2D eigenvalue weighted by Crippen LogP contribution is 1.91. The van der Waals surface area contributed by atoms with E-state index in [9.17, 15) is 14.4 Å². The van der Waals surface area contributed by atoms with E-state index in [2.05, 4.69) is 10.6 Å². The summed E-state index contributed by atoms with van der Waals surface area (Å²) in [5.74, 6) is -1.51. The Labute approximate surface area is 107 Å². The number of hydrogen-bond acceptors (Lipinski definition) is 4. The van der Waals surface area contributed by atoms with Crippen molar-refractivity contribution >= 4 is 17.9 Å². The second-order valence-corrected chi connectivity index (χ2v) is 4.28. The lowest BCUT2D eigenvalue weighted by atomic mass is 10.3. The van der Waals surface area contributed by atoms with Gasteiger partial charge in [-0.25, -0.2) is 4.79 Å². The summed E-state index contributed by atoms with van der Waals surface area (Å²) in [5, 5.41) is 13.3. The standard InChI is InChI=1S/C11H21N3O4/c1-4-5-14(7-10(16)17)6-9(15)13-11(18)12-8(2)3/h8H,4-7H2,1-3H3,(H,16,17)(H2,12,13,15,18). The van der Waals surface area contributed by atoms with Crippen LogP contribution in [0.1, 0.15) is 27.2 Å². The van der Waals surface area contributed by atoms with Crippen molar-refractivity contribution in [3.8, 4) is 0 Å². The van der Waals surface area contributed by atoms with Crippen molar-refractivity contribution in [1.29, 1.82) is 0 Å². The molecule has 0 fully saturated rings. The average Bonchev–Trinajstić information content (AvgIpc) is 2.14. The Balaban J connectivity index is 4.16. The molecule has 0 aliphatic rings. The van der Waals surface area contributed by atoms with Crippen LogP contribution in [0, 0.1) is 0 Å². The van der Waals surface area contributed by atoms with Crippen LogP contribution >= 0.6 is 0 Å². The van der Waals surface area contributed by atoms with E-state index in [-0.39, 0.29) is 19.1 Å². The maximum atomic E-state index is 11.5. The van der Waals surface area contributed by atoms with Gasteiger partial charge in [0.25, 0.3) is 0 Å². The highest BCUT2D eigenvalue weighted by molar-refractivity contribution is 5.95. The molecular formula is C11H21N3O4. The van der Waals surface area contributed by atoms with Gasteiger partial charge in [0.05, 0.1) is 13.1 Å². The van der Waals surface area contributed by atoms with Crippen molar-refractivity contribution in [3.05, 3.63) is 0 Å². The fourth-order valence-electron chi connectivity index (χ4n) is 1.39. The first kappa shape index (κ1) is 16.4. The van der Waals surface area contributed by atoms with Gasteiger partial charge in [0.2, 0.25) is 5.91 Å². The van der Waals surface area contributed by atoms with E-state index >= 15 is 0 Å². The summed E-state index contributed by atoms with van der Waals surface area (Å²) in [4.78, 5) is 34.8. The van der Waals surface area contributed by atoms with E-state index < -0.39 is 17.9 Å². The average molecular weight is 259 g/mol. The Kier molecular flexibility index (Phi) is 7.69. The second-order valence-electron chi connectivity index (χ2n) is 4.28. The van der Waals surface area contributed by atoms with E-state index in [1.807, 2.05) is 6.92 Å². The number of rotatable bonds is 7. The molecular weight excluding hydrogens is 238 g/mol. The first-order chi connectivity index (χ1) is 8.35. The number of aliphatic carboxylic acids is 1. The van der Waals surface area contributed by atoms with Crippen LogP contribution < -0.4 is 10.6 Å². The Morgan fingerprint density at radius 3 is 2.28 bits per heavy atom.